The standard InChI is InChI=1S/C49H31N5S2/c55-44-38(20-12-21-40(44)49-53-47(35-15-6-2-7-16-35)52-48(54-49)36-17-8-3-9-18-36)33-27-23-31(24-28-33)32-25-29-37(30-26-32)46-50-42(34-13-4-1-5-14-34)45-43(51-46)39-19-10-11-22-41(39)56-45/h1-30,55H. The van der Waals surface area contributed by atoms with Gasteiger partial charge in [0.1, 0.15) is 0 Å². The van der Waals surface area contributed by atoms with Crippen LogP contribution in [0.5, 0.6) is 0 Å². The van der Waals surface area contributed by atoms with E-state index in [4.69, 9.17) is 37.5 Å². The molecule has 7 heteroatoms. The molecule has 0 radical (unpaired) electrons. The molecule has 10 aromatic rings. The van der Waals surface area contributed by atoms with E-state index < -0.39 is 0 Å². The van der Waals surface area contributed by atoms with Crippen molar-refractivity contribution in [3.8, 4) is 79.1 Å². The third-order valence-corrected chi connectivity index (χ3v) is 11.6. The zero-order chi connectivity index (χ0) is 37.4. The van der Waals surface area contributed by atoms with Crippen LogP contribution in [0.3, 0.4) is 0 Å². The molecule has 3 heterocycles. The summed E-state index contributed by atoms with van der Waals surface area (Å²) in [5, 5.41) is 1.15. The Labute approximate surface area is 333 Å². The summed E-state index contributed by atoms with van der Waals surface area (Å²) in [4.78, 5) is 25.8. The molecule has 0 saturated carbocycles. The smallest absolute Gasteiger partial charge is 0.165 e. The van der Waals surface area contributed by atoms with E-state index in [1.165, 1.54) is 4.70 Å². The van der Waals surface area contributed by atoms with Gasteiger partial charge in [0.25, 0.3) is 0 Å². The Hall–Kier alpha value is -6.80. The van der Waals surface area contributed by atoms with Crippen LogP contribution in [0.15, 0.2) is 187 Å². The molecule has 0 bridgehead atoms. The molecule has 0 fully saturated rings. The van der Waals surface area contributed by atoms with Gasteiger partial charge in [-0.25, -0.2) is 24.9 Å². The molecule has 0 amide bonds. The van der Waals surface area contributed by atoms with Crippen LogP contribution < -0.4 is 0 Å². The minimum Gasteiger partial charge on any atom is -0.226 e. The molecule has 0 aliphatic heterocycles. The molecule has 264 valence electrons. The number of benzene rings is 7. The number of fused-ring (bicyclic) bond motifs is 3. The topological polar surface area (TPSA) is 64.5 Å². The van der Waals surface area contributed by atoms with Gasteiger partial charge in [0.05, 0.1) is 15.9 Å². The van der Waals surface area contributed by atoms with Crippen molar-refractivity contribution < 1.29 is 0 Å². The highest BCUT2D eigenvalue weighted by Gasteiger charge is 2.18. The fraction of sp³-hybridized carbons (Fsp3) is 0. The van der Waals surface area contributed by atoms with E-state index in [1.807, 2.05) is 78.9 Å². The average Bonchev–Trinajstić information content (AvgIpc) is 3.66. The second-order valence-electron chi connectivity index (χ2n) is 13.4. The van der Waals surface area contributed by atoms with E-state index in [1.54, 1.807) is 11.3 Å². The number of hydrogen-bond donors (Lipinski definition) is 1. The Morgan fingerprint density at radius 2 is 0.804 bits per heavy atom. The maximum Gasteiger partial charge on any atom is 0.165 e. The van der Waals surface area contributed by atoms with Gasteiger partial charge in [-0.15, -0.1) is 24.0 Å². The summed E-state index contributed by atoms with van der Waals surface area (Å²) in [6, 6.07) is 62.1. The van der Waals surface area contributed by atoms with Crippen LogP contribution >= 0.6 is 24.0 Å². The highest BCUT2D eigenvalue weighted by Crippen LogP contribution is 2.40. The van der Waals surface area contributed by atoms with Crippen LogP contribution in [0.1, 0.15) is 0 Å². The number of rotatable bonds is 7. The van der Waals surface area contributed by atoms with Crippen molar-refractivity contribution in [1.82, 2.24) is 24.9 Å². The van der Waals surface area contributed by atoms with Crippen molar-refractivity contribution in [2.75, 3.05) is 0 Å². The predicted octanol–water partition coefficient (Wildman–Crippen LogP) is 13.0. The van der Waals surface area contributed by atoms with E-state index >= 15 is 0 Å². The zero-order valence-corrected chi connectivity index (χ0v) is 31.6. The quantitative estimate of drug-likeness (QED) is 0.164. The first kappa shape index (κ1) is 33.7. The number of nitrogens with zero attached hydrogens (tertiary/aromatic N) is 5. The lowest BCUT2D eigenvalue weighted by Gasteiger charge is -2.13. The maximum atomic E-state index is 5.14. The third kappa shape index (κ3) is 6.33. The zero-order valence-electron chi connectivity index (χ0n) is 29.9. The largest absolute Gasteiger partial charge is 0.226 e. The molecule has 0 saturated heterocycles. The second kappa shape index (κ2) is 14.5. The SMILES string of the molecule is Sc1c(-c2ccc(-c3ccc(-c4nc(-c5ccccc5)c5sc6ccccc6c5n4)cc3)cc2)cccc1-c1nc(-c2ccccc2)nc(-c2ccccc2)n1. The first-order valence-electron chi connectivity index (χ1n) is 18.3. The molecule has 10 rings (SSSR count). The normalized spacial score (nSPS) is 11.3. The van der Waals surface area contributed by atoms with Crippen LogP contribution in [-0.4, -0.2) is 24.9 Å². The Bertz CT molecular complexity index is 2950. The Morgan fingerprint density at radius 1 is 0.339 bits per heavy atom. The van der Waals surface area contributed by atoms with Gasteiger partial charge in [0, 0.05) is 42.8 Å². The molecule has 3 aromatic heterocycles. The van der Waals surface area contributed by atoms with Gasteiger partial charge in [-0.05, 0) is 28.3 Å². The first-order valence-corrected chi connectivity index (χ1v) is 19.6. The van der Waals surface area contributed by atoms with Crippen LogP contribution in [0, 0.1) is 0 Å². The van der Waals surface area contributed by atoms with Crippen LogP contribution in [-0.2, 0) is 0 Å². The summed E-state index contributed by atoms with van der Waals surface area (Å²) in [7, 11) is 0. The molecule has 0 aliphatic carbocycles. The van der Waals surface area contributed by atoms with Crippen molar-refractivity contribution in [2.45, 2.75) is 4.90 Å². The van der Waals surface area contributed by atoms with E-state index in [-0.39, 0.29) is 0 Å². The van der Waals surface area contributed by atoms with E-state index in [0.717, 1.165) is 76.3 Å². The van der Waals surface area contributed by atoms with Crippen LogP contribution in [0.25, 0.3) is 99.4 Å². The molecular formula is C49H31N5S2. The van der Waals surface area contributed by atoms with E-state index in [9.17, 15) is 0 Å². The Morgan fingerprint density at radius 3 is 1.43 bits per heavy atom. The van der Waals surface area contributed by atoms with Gasteiger partial charge in [-0.1, -0.05) is 176 Å². The van der Waals surface area contributed by atoms with Crippen molar-refractivity contribution in [2.24, 2.45) is 0 Å². The van der Waals surface area contributed by atoms with Crippen LogP contribution in [0.4, 0.5) is 0 Å². The third-order valence-electron chi connectivity index (χ3n) is 9.92. The second-order valence-corrected chi connectivity index (χ2v) is 14.9. The van der Waals surface area contributed by atoms with Crippen molar-refractivity contribution in [3.63, 3.8) is 0 Å². The van der Waals surface area contributed by atoms with Gasteiger partial charge in [0.2, 0.25) is 0 Å². The van der Waals surface area contributed by atoms with Gasteiger partial charge in [-0.2, -0.15) is 0 Å². The monoisotopic (exact) mass is 753 g/mol. The first-order chi connectivity index (χ1) is 27.7. The van der Waals surface area contributed by atoms with E-state index in [2.05, 4.69) is 103 Å². The molecule has 5 nitrogen and oxygen atoms in total. The lowest BCUT2D eigenvalue weighted by atomic mass is 9.98. The highest BCUT2D eigenvalue weighted by molar-refractivity contribution is 7.80. The molecular weight excluding hydrogens is 723 g/mol. The molecule has 0 spiro atoms. The van der Waals surface area contributed by atoms with Gasteiger partial charge >= 0.3 is 0 Å². The summed E-state index contributed by atoms with van der Waals surface area (Å²) < 4.78 is 2.32. The van der Waals surface area contributed by atoms with Gasteiger partial charge in [-0.3, -0.25) is 0 Å². The number of thiophene rings is 1. The predicted molar refractivity (Wildman–Crippen MR) is 234 cm³/mol. The van der Waals surface area contributed by atoms with Crippen molar-refractivity contribution >= 4 is 44.3 Å². The minimum absolute atomic E-state index is 0.576. The summed E-state index contributed by atoms with van der Waals surface area (Å²) in [6.07, 6.45) is 0. The van der Waals surface area contributed by atoms with Gasteiger partial charge in [0.15, 0.2) is 23.3 Å². The fourth-order valence-corrected chi connectivity index (χ4v) is 8.58. The van der Waals surface area contributed by atoms with Crippen molar-refractivity contribution in [3.05, 3.63) is 182 Å². The molecule has 7 aromatic carbocycles. The number of thiol groups is 1. The molecule has 0 unspecified atom stereocenters. The lowest BCUT2D eigenvalue weighted by Crippen LogP contribution is -2.01. The van der Waals surface area contributed by atoms with Crippen molar-refractivity contribution in [1.29, 1.82) is 0 Å². The highest BCUT2D eigenvalue weighted by atomic mass is 32.1. The molecule has 56 heavy (non-hydrogen) atoms. The Kier molecular flexibility index (Phi) is 8.71. The molecule has 0 N–H and O–H groups in total. The fourth-order valence-electron chi connectivity index (χ4n) is 7.05. The van der Waals surface area contributed by atoms with E-state index in [0.29, 0.717) is 23.3 Å². The minimum atomic E-state index is 0.576. The Balaban J connectivity index is 0.972. The summed E-state index contributed by atoms with van der Waals surface area (Å²) in [6.45, 7) is 0. The summed E-state index contributed by atoms with van der Waals surface area (Å²) in [5.41, 5.74) is 11.0. The van der Waals surface area contributed by atoms with Gasteiger partial charge < -0.3 is 0 Å². The summed E-state index contributed by atoms with van der Waals surface area (Å²) >= 11 is 6.82. The summed E-state index contributed by atoms with van der Waals surface area (Å²) in [5.74, 6) is 2.53. The maximum absolute atomic E-state index is 5.14. The van der Waals surface area contributed by atoms with Crippen LogP contribution in [0.2, 0.25) is 0 Å². The lowest BCUT2D eigenvalue weighted by molar-refractivity contribution is 1.07. The molecule has 0 aliphatic rings. The number of aromatic nitrogens is 5. The molecule has 0 atom stereocenters. The number of hydrogen-bond acceptors (Lipinski definition) is 7. The average molecular weight is 754 g/mol.